The van der Waals surface area contributed by atoms with Crippen molar-refractivity contribution < 1.29 is 0 Å². The second kappa shape index (κ2) is 42.6. The molecule has 0 bridgehead atoms. The normalized spacial score (nSPS) is 18.8. The first-order valence-electron chi connectivity index (χ1n) is 24.4. The molecule has 6 atom stereocenters. The maximum absolute atomic E-state index is 4.31. The van der Waals surface area contributed by atoms with Gasteiger partial charge in [-0.05, 0) is 112 Å². The number of rotatable bonds is 23. The summed E-state index contributed by atoms with van der Waals surface area (Å²) in [5.41, 5.74) is 5.46. The minimum atomic E-state index is 0.585. The molecule has 55 heavy (non-hydrogen) atoms. The molecule has 0 heterocycles. The molecular weight excluding hydrogens is 661 g/mol. The van der Waals surface area contributed by atoms with Gasteiger partial charge in [0.1, 0.15) is 0 Å². The Morgan fingerprint density at radius 2 is 0.855 bits per heavy atom. The summed E-state index contributed by atoms with van der Waals surface area (Å²) in [4.78, 5) is 0. The Balaban J connectivity index is -0.000000203. The van der Waals surface area contributed by atoms with Gasteiger partial charge in [-0.25, -0.2) is 0 Å². The molecule has 1 saturated carbocycles. The average molecular weight is 774 g/mol. The first kappa shape index (κ1) is 63.1. The van der Waals surface area contributed by atoms with Gasteiger partial charge in [0.15, 0.2) is 0 Å². The van der Waals surface area contributed by atoms with Gasteiger partial charge in [0.25, 0.3) is 0 Å². The van der Waals surface area contributed by atoms with E-state index in [1.54, 1.807) is 6.08 Å². The monoisotopic (exact) mass is 773 g/mol. The van der Waals surface area contributed by atoms with Crippen molar-refractivity contribution >= 4 is 0 Å². The molecule has 0 aliphatic heterocycles. The summed E-state index contributed by atoms with van der Waals surface area (Å²) in [5, 5.41) is 0. The van der Waals surface area contributed by atoms with Crippen LogP contribution in [-0.4, -0.2) is 0 Å². The highest BCUT2D eigenvalue weighted by atomic mass is 14.4. The van der Waals surface area contributed by atoms with Crippen LogP contribution in [0.3, 0.4) is 0 Å². The smallest absolute Gasteiger partial charge is 0.0232 e. The maximum atomic E-state index is 4.31. The van der Waals surface area contributed by atoms with Crippen LogP contribution in [0.5, 0.6) is 0 Å². The third kappa shape index (κ3) is 42.4. The minimum absolute atomic E-state index is 0.585. The molecule has 0 aromatic carbocycles. The van der Waals surface area contributed by atoms with Crippen LogP contribution >= 0.6 is 0 Å². The van der Waals surface area contributed by atoms with Crippen LogP contribution in [-0.2, 0) is 0 Å². The fraction of sp³-hybridized carbons (Fsp3) is 0.855. The first-order chi connectivity index (χ1) is 25.8. The fourth-order valence-electron chi connectivity index (χ4n) is 8.47. The van der Waals surface area contributed by atoms with E-state index in [2.05, 4.69) is 123 Å². The molecule has 1 aliphatic carbocycles. The average Bonchev–Trinajstić information content (AvgIpc) is 3.12. The molecule has 1 rings (SSSR count). The zero-order valence-electron chi connectivity index (χ0n) is 42.3. The number of hydrogen-bond donors (Lipinski definition) is 0. The van der Waals surface area contributed by atoms with E-state index in [-0.39, 0.29) is 0 Å². The molecule has 0 radical (unpaired) electrons. The molecule has 0 spiro atoms. The highest BCUT2D eigenvalue weighted by Crippen LogP contribution is 2.50. The van der Waals surface area contributed by atoms with Gasteiger partial charge < -0.3 is 0 Å². The lowest BCUT2D eigenvalue weighted by molar-refractivity contribution is 0.0538. The van der Waals surface area contributed by atoms with Gasteiger partial charge in [-0.3, -0.25) is 0 Å². The van der Waals surface area contributed by atoms with Crippen molar-refractivity contribution in [2.24, 2.45) is 40.4 Å². The van der Waals surface area contributed by atoms with Crippen molar-refractivity contribution in [2.45, 2.75) is 266 Å². The molecule has 6 unspecified atom stereocenters. The fourth-order valence-corrected chi connectivity index (χ4v) is 8.47. The van der Waals surface area contributed by atoms with Crippen molar-refractivity contribution in [2.75, 3.05) is 0 Å². The Labute approximate surface area is 354 Å². The van der Waals surface area contributed by atoms with Crippen LogP contribution in [0.1, 0.15) is 266 Å². The van der Waals surface area contributed by atoms with Crippen LogP contribution < -0.4 is 0 Å². The van der Waals surface area contributed by atoms with Gasteiger partial charge >= 0.3 is 0 Å². The van der Waals surface area contributed by atoms with E-state index in [4.69, 9.17) is 0 Å². The molecule has 0 heteroatoms. The number of allylic oxidation sites excluding steroid dienone is 4. The van der Waals surface area contributed by atoms with Crippen LogP contribution in [0.15, 0.2) is 49.1 Å². The summed E-state index contributed by atoms with van der Waals surface area (Å²) in [7, 11) is 0. The third-order valence-electron chi connectivity index (χ3n) is 11.6. The van der Waals surface area contributed by atoms with Gasteiger partial charge in [0.2, 0.25) is 0 Å². The first-order valence-corrected chi connectivity index (χ1v) is 24.4. The number of hydrogen-bond acceptors (Lipinski definition) is 0. The quantitative estimate of drug-likeness (QED) is 0.0717. The summed E-state index contributed by atoms with van der Waals surface area (Å²) in [6.07, 6.45) is 31.6. The van der Waals surface area contributed by atoms with Crippen LogP contribution in [0.2, 0.25) is 0 Å². The van der Waals surface area contributed by atoms with Crippen molar-refractivity contribution in [1.29, 1.82) is 0 Å². The Hall–Kier alpha value is -1.04. The van der Waals surface area contributed by atoms with Gasteiger partial charge in [-0.1, -0.05) is 230 Å². The Kier molecular flexibility index (Phi) is 48.9. The van der Waals surface area contributed by atoms with Crippen molar-refractivity contribution in [3.05, 3.63) is 49.1 Å². The summed E-state index contributed by atoms with van der Waals surface area (Å²) in [5.74, 6) is 3.83. The van der Waals surface area contributed by atoms with E-state index in [9.17, 15) is 0 Å². The van der Waals surface area contributed by atoms with E-state index >= 15 is 0 Å². The van der Waals surface area contributed by atoms with Gasteiger partial charge in [0.05, 0.1) is 0 Å². The molecule has 0 aromatic rings. The lowest BCUT2D eigenvalue weighted by atomic mass is 9.60. The lowest BCUT2D eigenvalue weighted by Crippen LogP contribution is -2.34. The summed E-state index contributed by atoms with van der Waals surface area (Å²) >= 11 is 0. The number of unbranched alkanes of at least 4 members (excludes halogenated alkanes) is 8. The van der Waals surface area contributed by atoms with Crippen molar-refractivity contribution in [3.8, 4) is 0 Å². The molecular formula is C55H112. The Morgan fingerprint density at radius 3 is 1.05 bits per heavy atom. The molecule has 0 nitrogen and oxygen atoms in total. The minimum Gasteiger partial charge on any atom is -0.103 e. The summed E-state index contributed by atoms with van der Waals surface area (Å²) in [6.45, 7) is 56.3. The topological polar surface area (TPSA) is 0 Å². The highest BCUT2D eigenvalue weighted by molar-refractivity contribution is 5.04. The predicted octanol–water partition coefficient (Wildman–Crippen LogP) is 20.8. The van der Waals surface area contributed by atoms with Crippen LogP contribution in [0, 0.1) is 40.4 Å². The molecule has 0 aromatic heterocycles. The van der Waals surface area contributed by atoms with E-state index in [1.165, 1.54) is 152 Å². The molecule has 1 aliphatic rings. The second-order valence-electron chi connectivity index (χ2n) is 18.9. The van der Waals surface area contributed by atoms with E-state index < -0.39 is 0 Å². The Bertz CT molecular complexity index is 764. The molecule has 332 valence electrons. The molecule has 0 N–H and O–H groups in total. The van der Waals surface area contributed by atoms with Crippen molar-refractivity contribution in [1.82, 2.24) is 0 Å². The van der Waals surface area contributed by atoms with Crippen LogP contribution in [0.25, 0.3) is 0 Å². The molecule has 0 amide bonds. The van der Waals surface area contributed by atoms with Crippen LogP contribution in [0.4, 0.5) is 0 Å². The SMILES string of the molecule is C=C(C(C)CCCCC)C(C)CCCCC.C=C(C(C)CCCCC)C(C)CCCCC.C=C(C)CC.C=CC.CC.CCCC1(C)CC(C)CC(C)(C)C1. The third-order valence-corrected chi connectivity index (χ3v) is 11.6. The van der Waals surface area contributed by atoms with Gasteiger partial charge in [0, 0.05) is 0 Å². The second-order valence-corrected chi connectivity index (χ2v) is 18.9. The van der Waals surface area contributed by atoms with E-state index in [0.717, 1.165) is 36.0 Å². The van der Waals surface area contributed by atoms with Gasteiger partial charge in [-0.2, -0.15) is 0 Å². The predicted molar refractivity (Wildman–Crippen MR) is 264 cm³/mol. The van der Waals surface area contributed by atoms with Gasteiger partial charge in [-0.15, -0.1) is 13.2 Å². The zero-order chi connectivity index (χ0) is 43.9. The highest BCUT2D eigenvalue weighted by Gasteiger charge is 2.38. The standard InChI is InChI=1S/2C16H32.C13H26.C5H10.C3H6.C2H6/c2*1-6-8-10-12-14(3)16(5)15(4)13-11-9-7-2;1-6-7-13(5)9-11(2)8-12(3,4)10-13;1-4-5(2)3;1-3-2;1-2/h2*14-15H,5-13H2,1-4H3;11H,6-10H2,1-5H3;2,4H2,1,3H3;3H,1H2,2H3;1-2H3. The summed E-state index contributed by atoms with van der Waals surface area (Å²) in [6, 6.07) is 0. The molecule has 1 fully saturated rings. The largest absolute Gasteiger partial charge is 0.103 e. The molecule has 0 saturated heterocycles. The Morgan fingerprint density at radius 1 is 0.582 bits per heavy atom. The maximum Gasteiger partial charge on any atom is -0.0232 e. The zero-order valence-corrected chi connectivity index (χ0v) is 42.3. The lowest BCUT2D eigenvalue weighted by Gasteiger charge is -2.46. The van der Waals surface area contributed by atoms with Crippen molar-refractivity contribution in [3.63, 3.8) is 0 Å². The van der Waals surface area contributed by atoms with E-state index in [0.29, 0.717) is 10.8 Å². The summed E-state index contributed by atoms with van der Waals surface area (Å²) < 4.78 is 0. The van der Waals surface area contributed by atoms with E-state index in [1.807, 2.05) is 27.7 Å².